The average molecular weight is 392 g/mol. The lowest BCUT2D eigenvalue weighted by molar-refractivity contribution is -0.157. The number of fused-ring (bicyclic) bond motifs is 1. The van der Waals surface area contributed by atoms with E-state index in [0.29, 0.717) is 60.7 Å². The van der Waals surface area contributed by atoms with Gasteiger partial charge < -0.3 is 14.7 Å². The number of rotatable bonds is 5. The molecule has 24 heavy (non-hydrogen) atoms. The molecule has 1 N–H and O–H groups in total. The number of likely N-dealkylation sites (tertiary alicyclic amines) is 1. The van der Waals surface area contributed by atoms with E-state index in [0.717, 1.165) is 5.56 Å². The summed E-state index contributed by atoms with van der Waals surface area (Å²) in [4.78, 5) is 25.9. The Morgan fingerprint density at radius 2 is 2.25 bits per heavy atom. The summed E-state index contributed by atoms with van der Waals surface area (Å²) in [5.41, 5.74) is 0.128. The summed E-state index contributed by atoms with van der Waals surface area (Å²) < 4.78 is 6.73. The van der Waals surface area contributed by atoms with Crippen molar-refractivity contribution in [2.75, 3.05) is 26.3 Å². The molecule has 1 aromatic heterocycles. The van der Waals surface area contributed by atoms with Crippen molar-refractivity contribution in [2.24, 2.45) is 11.3 Å². The molecular formula is C16H19Cl2NO4S. The maximum Gasteiger partial charge on any atom is 0.311 e. The molecule has 2 aliphatic heterocycles. The minimum Gasteiger partial charge on any atom is -0.481 e. The number of carbonyl (C=O) groups excluding carboxylic acids is 1. The summed E-state index contributed by atoms with van der Waals surface area (Å²) in [6.45, 7) is 1.62. The third-order valence-electron chi connectivity index (χ3n) is 5.05. The van der Waals surface area contributed by atoms with Gasteiger partial charge in [-0.05, 0) is 30.9 Å². The number of carboxylic acids is 1. The van der Waals surface area contributed by atoms with Gasteiger partial charge in [0.15, 0.2) is 0 Å². The molecule has 0 aliphatic carbocycles. The molecule has 2 aliphatic rings. The number of carbonyl (C=O) groups is 2. The van der Waals surface area contributed by atoms with Crippen LogP contribution >= 0.6 is 34.5 Å². The van der Waals surface area contributed by atoms with Crippen LogP contribution in [0.3, 0.4) is 0 Å². The van der Waals surface area contributed by atoms with E-state index in [1.807, 2.05) is 6.07 Å². The molecule has 2 saturated heterocycles. The highest BCUT2D eigenvalue weighted by Gasteiger charge is 2.54. The van der Waals surface area contributed by atoms with Gasteiger partial charge in [0.05, 0.1) is 20.7 Å². The third-order valence-corrected chi connectivity index (χ3v) is 6.62. The van der Waals surface area contributed by atoms with E-state index in [1.54, 1.807) is 4.90 Å². The van der Waals surface area contributed by atoms with Crippen molar-refractivity contribution in [1.29, 1.82) is 0 Å². The van der Waals surface area contributed by atoms with Gasteiger partial charge in [-0.15, -0.1) is 11.3 Å². The van der Waals surface area contributed by atoms with Gasteiger partial charge in [-0.1, -0.05) is 23.2 Å². The van der Waals surface area contributed by atoms with Crippen molar-refractivity contribution in [3.8, 4) is 0 Å². The average Bonchev–Trinajstić information content (AvgIpc) is 3.08. The Morgan fingerprint density at radius 3 is 2.88 bits per heavy atom. The molecule has 3 heterocycles. The molecule has 8 heteroatoms. The highest BCUT2D eigenvalue weighted by Crippen LogP contribution is 2.42. The van der Waals surface area contributed by atoms with Crippen LogP contribution < -0.4 is 0 Å². The molecular weight excluding hydrogens is 373 g/mol. The van der Waals surface area contributed by atoms with Crippen molar-refractivity contribution in [2.45, 2.75) is 25.7 Å². The van der Waals surface area contributed by atoms with E-state index in [4.69, 9.17) is 27.9 Å². The van der Waals surface area contributed by atoms with Gasteiger partial charge in [-0.25, -0.2) is 0 Å². The molecule has 0 aromatic carbocycles. The molecule has 132 valence electrons. The van der Waals surface area contributed by atoms with Crippen LogP contribution in [0.5, 0.6) is 0 Å². The van der Waals surface area contributed by atoms with E-state index in [-0.39, 0.29) is 11.8 Å². The number of thiophene rings is 1. The van der Waals surface area contributed by atoms with Gasteiger partial charge in [0, 0.05) is 32.0 Å². The summed E-state index contributed by atoms with van der Waals surface area (Å²) in [5, 5.41) is 9.64. The minimum absolute atomic E-state index is 0.00229. The van der Waals surface area contributed by atoms with E-state index in [2.05, 4.69) is 0 Å². The Bertz CT molecular complexity index is 650. The first-order valence-corrected chi connectivity index (χ1v) is 9.52. The number of amides is 1. The summed E-state index contributed by atoms with van der Waals surface area (Å²) in [6, 6.07) is 1.83. The molecule has 0 spiro atoms. The predicted octanol–water partition coefficient (Wildman–Crippen LogP) is 3.33. The molecule has 3 rings (SSSR count). The second kappa shape index (κ2) is 7.20. The SMILES string of the molecule is O=C(CCCc1cc(Cl)sc1Cl)N1C[C@H]2COCC[C@@]2(C(=O)O)C1. The number of ether oxygens (including phenoxy) is 1. The number of nitrogens with zero attached hydrogens (tertiary/aromatic N) is 1. The van der Waals surface area contributed by atoms with Crippen LogP contribution in [0.15, 0.2) is 6.07 Å². The topological polar surface area (TPSA) is 66.8 Å². The zero-order valence-electron chi connectivity index (χ0n) is 13.1. The fraction of sp³-hybridized carbons (Fsp3) is 0.625. The summed E-state index contributed by atoms with van der Waals surface area (Å²) in [6.07, 6.45) is 2.22. The maximum absolute atomic E-state index is 12.5. The fourth-order valence-corrected chi connectivity index (χ4v) is 5.17. The first-order valence-electron chi connectivity index (χ1n) is 7.95. The zero-order chi connectivity index (χ0) is 17.3. The van der Waals surface area contributed by atoms with Crippen LogP contribution in [-0.2, 0) is 20.7 Å². The Kier molecular flexibility index (Phi) is 5.39. The van der Waals surface area contributed by atoms with Gasteiger partial charge in [0.1, 0.15) is 0 Å². The van der Waals surface area contributed by atoms with Crippen LogP contribution in [0.2, 0.25) is 8.67 Å². The van der Waals surface area contributed by atoms with Gasteiger partial charge in [-0.2, -0.15) is 0 Å². The lowest BCUT2D eigenvalue weighted by Crippen LogP contribution is -2.45. The van der Waals surface area contributed by atoms with Gasteiger partial charge in [0.25, 0.3) is 0 Å². The number of carboxylic acid groups (broad SMARTS) is 1. The van der Waals surface area contributed by atoms with Crippen LogP contribution in [-0.4, -0.2) is 48.2 Å². The van der Waals surface area contributed by atoms with Gasteiger partial charge in [-0.3, -0.25) is 9.59 Å². The number of aliphatic carboxylic acids is 1. The smallest absolute Gasteiger partial charge is 0.311 e. The van der Waals surface area contributed by atoms with E-state index in [9.17, 15) is 14.7 Å². The van der Waals surface area contributed by atoms with E-state index < -0.39 is 11.4 Å². The maximum atomic E-state index is 12.5. The lowest BCUT2D eigenvalue weighted by atomic mass is 9.74. The molecule has 2 atom stereocenters. The summed E-state index contributed by atoms with van der Waals surface area (Å²) in [7, 11) is 0. The van der Waals surface area contributed by atoms with Crippen molar-refractivity contribution in [3.63, 3.8) is 0 Å². The second-order valence-corrected chi connectivity index (χ2v) is 8.75. The largest absolute Gasteiger partial charge is 0.481 e. The normalized spacial score (nSPS) is 26.4. The molecule has 1 amide bonds. The summed E-state index contributed by atoms with van der Waals surface area (Å²) >= 11 is 13.3. The van der Waals surface area contributed by atoms with Crippen LogP contribution in [0.4, 0.5) is 0 Å². The molecule has 0 radical (unpaired) electrons. The Hall–Kier alpha value is -0.820. The molecule has 2 fully saturated rings. The molecule has 0 saturated carbocycles. The fourth-order valence-electron chi connectivity index (χ4n) is 3.62. The van der Waals surface area contributed by atoms with Crippen molar-refractivity contribution >= 4 is 46.4 Å². The predicted molar refractivity (Wildman–Crippen MR) is 92.9 cm³/mol. The van der Waals surface area contributed by atoms with E-state index >= 15 is 0 Å². The van der Waals surface area contributed by atoms with E-state index in [1.165, 1.54) is 11.3 Å². The highest BCUT2D eigenvalue weighted by atomic mass is 35.5. The van der Waals surface area contributed by atoms with Gasteiger partial charge >= 0.3 is 5.97 Å². The van der Waals surface area contributed by atoms with Crippen molar-refractivity contribution in [1.82, 2.24) is 4.90 Å². The van der Waals surface area contributed by atoms with Gasteiger partial charge in [0.2, 0.25) is 5.91 Å². The highest BCUT2D eigenvalue weighted by molar-refractivity contribution is 7.20. The molecule has 1 aromatic rings. The van der Waals surface area contributed by atoms with Crippen LogP contribution in [0, 0.1) is 11.3 Å². The molecule has 5 nitrogen and oxygen atoms in total. The lowest BCUT2D eigenvalue weighted by Gasteiger charge is -2.33. The minimum atomic E-state index is -0.835. The monoisotopic (exact) mass is 391 g/mol. The van der Waals surface area contributed by atoms with Crippen LogP contribution in [0.1, 0.15) is 24.8 Å². The first kappa shape index (κ1) is 18.0. The number of hydrogen-bond donors (Lipinski definition) is 1. The molecule has 0 unspecified atom stereocenters. The Labute approximate surface area is 154 Å². The Morgan fingerprint density at radius 1 is 1.46 bits per heavy atom. The standard InChI is InChI=1S/C16H19Cl2NO4S/c17-12-6-10(14(18)24-12)2-1-3-13(20)19-7-11-8-23-5-4-16(11,9-19)15(21)22/h6,11H,1-5,7-9H2,(H,21,22)/t11-,16+/m0/s1. The first-order chi connectivity index (χ1) is 11.4. The van der Waals surface area contributed by atoms with Crippen LogP contribution in [0.25, 0.3) is 0 Å². The number of aryl methyl sites for hydroxylation is 1. The molecule has 0 bridgehead atoms. The third kappa shape index (κ3) is 3.43. The summed E-state index contributed by atoms with van der Waals surface area (Å²) in [5.74, 6) is -0.925. The van der Waals surface area contributed by atoms with Crippen molar-refractivity contribution < 1.29 is 19.4 Å². The second-order valence-electron chi connectivity index (χ2n) is 6.46. The zero-order valence-corrected chi connectivity index (χ0v) is 15.4. The van der Waals surface area contributed by atoms with Crippen molar-refractivity contribution in [3.05, 3.63) is 20.3 Å². The number of hydrogen-bond acceptors (Lipinski definition) is 4. The number of halogens is 2. The Balaban J connectivity index is 1.56. The quantitative estimate of drug-likeness (QED) is 0.835.